The van der Waals surface area contributed by atoms with Gasteiger partial charge in [0.25, 0.3) is 0 Å². The van der Waals surface area contributed by atoms with Gasteiger partial charge in [-0.25, -0.2) is 0 Å². The van der Waals surface area contributed by atoms with Gasteiger partial charge in [-0.05, 0) is 42.9 Å². The molecule has 0 aromatic heterocycles. The molecule has 94 valence electrons. The molecule has 1 fully saturated rings. The second kappa shape index (κ2) is 5.38. The Balaban J connectivity index is 2.12. The molecule has 2 rings (SSSR count). The van der Waals surface area contributed by atoms with Gasteiger partial charge in [0, 0.05) is 5.02 Å². The number of nitrogens with two attached hydrogens (primary N) is 1. The summed E-state index contributed by atoms with van der Waals surface area (Å²) in [5, 5.41) is 11.0. The quantitative estimate of drug-likeness (QED) is 0.869. The van der Waals surface area contributed by atoms with E-state index >= 15 is 0 Å². The van der Waals surface area contributed by atoms with Crippen LogP contribution in [0.15, 0.2) is 18.2 Å². The number of aliphatic hydroxyl groups excluding tert-OH is 1. The largest absolute Gasteiger partial charge is 0.391 e. The molecule has 1 aliphatic carbocycles. The van der Waals surface area contributed by atoms with Crippen molar-refractivity contribution in [2.24, 2.45) is 11.7 Å². The molecule has 1 aliphatic rings. The van der Waals surface area contributed by atoms with Crippen LogP contribution in [0.5, 0.6) is 0 Å². The molecule has 3 heteroatoms. The fraction of sp³-hybridized carbons (Fsp3) is 0.571. The Labute approximate surface area is 108 Å². The summed E-state index contributed by atoms with van der Waals surface area (Å²) in [7, 11) is 0. The smallest absolute Gasteiger partial charge is 0.0760 e. The molecule has 2 atom stereocenters. The summed E-state index contributed by atoms with van der Waals surface area (Å²) in [5.41, 5.74) is 8.10. The molecular formula is C14H20ClNO. The number of halogens is 1. The Morgan fingerprint density at radius 3 is 2.59 bits per heavy atom. The molecule has 0 spiro atoms. The van der Waals surface area contributed by atoms with Crippen LogP contribution in [-0.4, -0.2) is 11.2 Å². The summed E-state index contributed by atoms with van der Waals surface area (Å²) in [4.78, 5) is 0. The number of aliphatic hydroxyl groups is 1. The zero-order chi connectivity index (χ0) is 12.4. The molecule has 0 amide bonds. The molecule has 0 radical (unpaired) electrons. The van der Waals surface area contributed by atoms with E-state index in [9.17, 15) is 5.11 Å². The number of benzene rings is 1. The molecule has 2 nitrogen and oxygen atoms in total. The fourth-order valence-electron chi connectivity index (χ4n) is 2.61. The maximum atomic E-state index is 10.3. The Kier molecular flexibility index (Phi) is 4.08. The third-order valence-corrected chi connectivity index (χ3v) is 4.24. The van der Waals surface area contributed by atoms with Gasteiger partial charge in [0.05, 0.1) is 12.1 Å². The monoisotopic (exact) mass is 253 g/mol. The standard InChI is InChI=1S/C14H20ClNO/c1-9-6-7-11(8-12(9)15)13(16)14(17)10-4-2-3-5-10/h6-8,10,13-14,17H,2-5,16H2,1H3/t13-,14+/m0/s1. The molecule has 0 aliphatic heterocycles. The average molecular weight is 254 g/mol. The Morgan fingerprint density at radius 2 is 2.00 bits per heavy atom. The van der Waals surface area contributed by atoms with Crippen molar-refractivity contribution in [1.29, 1.82) is 0 Å². The van der Waals surface area contributed by atoms with E-state index in [1.54, 1.807) is 0 Å². The van der Waals surface area contributed by atoms with Crippen molar-refractivity contribution >= 4 is 11.6 Å². The molecule has 1 aromatic rings. The normalized spacial score (nSPS) is 20.5. The van der Waals surface area contributed by atoms with Crippen LogP contribution < -0.4 is 5.73 Å². The predicted molar refractivity (Wildman–Crippen MR) is 71.1 cm³/mol. The lowest BCUT2D eigenvalue weighted by Gasteiger charge is -2.24. The Morgan fingerprint density at radius 1 is 1.35 bits per heavy atom. The van der Waals surface area contributed by atoms with Gasteiger partial charge in [-0.15, -0.1) is 0 Å². The maximum absolute atomic E-state index is 10.3. The molecule has 0 bridgehead atoms. The van der Waals surface area contributed by atoms with Crippen molar-refractivity contribution in [3.05, 3.63) is 34.3 Å². The lowest BCUT2D eigenvalue weighted by atomic mass is 9.90. The number of hydrogen-bond donors (Lipinski definition) is 2. The van der Waals surface area contributed by atoms with Crippen LogP contribution in [0.2, 0.25) is 5.02 Å². The van der Waals surface area contributed by atoms with Crippen molar-refractivity contribution in [3.8, 4) is 0 Å². The Hall–Kier alpha value is -0.570. The van der Waals surface area contributed by atoms with E-state index in [-0.39, 0.29) is 6.04 Å². The molecule has 0 unspecified atom stereocenters. The molecule has 0 saturated heterocycles. The third kappa shape index (κ3) is 2.82. The van der Waals surface area contributed by atoms with Crippen molar-refractivity contribution in [1.82, 2.24) is 0 Å². The van der Waals surface area contributed by atoms with E-state index in [0.717, 1.165) is 29.0 Å². The molecular weight excluding hydrogens is 234 g/mol. The summed E-state index contributed by atoms with van der Waals surface area (Å²) in [6.07, 6.45) is 4.16. The van der Waals surface area contributed by atoms with Crippen LogP contribution in [0.25, 0.3) is 0 Å². The molecule has 1 aromatic carbocycles. The molecule has 0 heterocycles. The topological polar surface area (TPSA) is 46.2 Å². The van der Waals surface area contributed by atoms with Gasteiger partial charge in [0.1, 0.15) is 0 Å². The molecule has 1 saturated carbocycles. The van der Waals surface area contributed by atoms with Crippen LogP contribution >= 0.6 is 11.6 Å². The number of rotatable bonds is 3. The second-order valence-corrected chi connectivity index (χ2v) is 5.48. The van der Waals surface area contributed by atoms with Gasteiger partial charge >= 0.3 is 0 Å². The van der Waals surface area contributed by atoms with Crippen molar-refractivity contribution in [2.75, 3.05) is 0 Å². The zero-order valence-corrected chi connectivity index (χ0v) is 11.0. The van der Waals surface area contributed by atoms with Gasteiger partial charge < -0.3 is 10.8 Å². The summed E-state index contributed by atoms with van der Waals surface area (Å²) >= 11 is 6.09. The highest BCUT2D eigenvalue weighted by Gasteiger charge is 2.28. The minimum atomic E-state index is -0.448. The highest BCUT2D eigenvalue weighted by molar-refractivity contribution is 6.31. The van der Waals surface area contributed by atoms with Crippen LogP contribution in [0, 0.1) is 12.8 Å². The first-order chi connectivity index (χ1) is 8.09. The van der Waals surface area contributed by atoms with Gasteiger partial charge in [-0.2, -0.15) is 0 Å². The summed E-state index contributed by atoms with van der Waals surface area (Å²) in [5.74, 6) is 0.352. The summed E-state index contributed by atoms with van der Waals surface area (Å²) in [6.45, 7) is 1.96. The predicted octanol–water partition coefficient (Wildman–Crippen LogP) is 3.20. The van der Waals surface area contributed by atoms with Crippen LogP contribution in [-0.2, 0) is 0 Å². The fourth-order valence-corrected chi connectivity index (χ4v) is 2.79. The second-order valence-electron chi connectivity index (χ2n) is 5.07. The SMILES string of the molecule is Cc1ccc([C@H](N)[C@H](O)C2CCCC2)cc1Cl. The lowest BCUT2D eigenvalue weighted by Crippen LogP contribution is -2.31. The van der Waals surface area contributed by atoms with E-state index < -0.39 is 6.10 Å². The minimum absolute atomic E-state index is 0.323. The van der Waals surface area contributed by atoms with Gasteiger partial charge in [0.15, 0.2) is 0 Å². The number of aryl methyl sites for hydroxylation is 1. The molecule has 17 heavy (non-hydrogen) atoms. The first-order valence-corrected chi connectivity index (χ1v) is 6.67. The van der Waals surface area contributed by atoms with E-state index in [1.807, 2.05) is 25.1 Å². The van der Waals surface area contributed by atoms with E-state index in [0.29, 0.717) is 5.92 Å². The molecule has 3 N–H and O–H groups in total. The maximum Gasteiger partial charge on any atom is 0.0760 e. The highest BCUT2D eigenvalue weighted by atomic mass is 35.5. The van der Waals surface area contributed by atoms with Crippen LogP contribution in [0.3, 0.4) is 0 Å². The van der Waals surface area contributed by atoms with Crippen LogP contribution in [0.4, 0.5) is 0 Å². The van der Waals surface area contributed by atoms with Crippen molar-refractivity contribution in [3.63, 3.8) is 0 Å². The van der Waals surface area contributed by atoms with Crippen LogP contribution in [0.1, 0.15) is 42.9 Å². The lowest BCUT2D eigenvalue weighted by molar-refractivity contribution is 0.0845. The first-order valence-electron chi connectivity index (χ1n) is 6.29. The van der Waals surface area contributed by atoms with E-state index in [2.05, 4.69) is 0 Å². The van der Waals surface area contributed by atoms with Crippen molar-refractivity contribution < 1.29 is 5.11 Å². The van der Waals surface area contributed by atoms with E-state index in [1.165, 1.54) is 12.8 Å². The summed E-state index contributed by atoms with van der Waals surface area (Å²) in [6, 6.07) is 5.47. The van der Waals surface area contributed by atoms with Crippen molar-refractivity contribution in [2.45, 2.75) is 44.8 Å². The Bertz CT molecular complexity index is 388. The van der Waals surface area contributed by atoms with E-state index in [4.69, 9.17) is 17.3 Å². The van der Waals surface area contributed by atoms with Gasteiger partial charge in [-0.3, -0.25) is 0 Å². The minimum Gasteiger partial charge on any atom is -0.391 e. The first kappa shape index (κ1) is 12.9. The summed E-state index contributed by atoms with van der Waals surface area (Å²) < 4.78 is 0. The van der Waals surface area contributed by atoms with Gasteiger partial charge in [0.2, 0.25) is 0 Å². The number of hydrogen-bond acceptors (Lipinski definition) is 2. The van der Waals surface area contributed by atoms with Gasteiger partial charge in [-0.1, -0.05) is 36.6 Å². The third-order valence-electron chi connectivity index (χ3n) is 3.83. The zero-order valence-electron chi connectivity index (χ0n) is 10.2. The highest BCUT2D eigenvalue weighted by Crippen LogP contribution is 2.33. The average Bonchev–Trinajstić information content (AvgIpc) is 2.84.